The fourth-order valence-electron chi connectivity index (χ4n) is 1.44. The number of rotatable bonds is 5. The number of halogens is 2. The molecule has 0 saturated carbocycles. The van der Waals surface area contributed by atoms with Crippen LogP contribution in [0.2, 0.25) is 10.0 Å². The second-order valence-electron chi connectivity index (χ2n) is 3.82. The Hall–Kier alpha value is -0.320. The van der Waals surface area contributed by atoms with Crippen LogP contribution in [0.15, 0.2) is 18.2 Å². The highest BCUT2D eigenvalue weighted by atomic mass is 35.5. The second-order valence-corrected chi connectivity index (χ2v) is 4.67. The van der Waals surface area contributed by atoms with Gasteiger partial charge in [0.15, 0.2) is 0 Å². The summed E-state index contributed by atoms with van der Waals surface area (Å²) in [7, 11) is 1.91. The minimum atomic E-state index is -0.504. The van der Waals surface area contributed by atoms with Crippen LogP contribution in [0.4, 0.5) is 0 Å². The van der Waals surface area contributed by atoms with Crippen molar-refractivity contribution in [1.29, 1.82) is 0 Å². The Morgan fingerprint density at radius 2 is 2.12 bits per heavy atom. The maximum atomic E-state index is 9.40. The van der Waals surface area contributed by atoms with Crippen LogP contribution in [-0.2, 0) is 6.54 Å². The van der Waals surface area contributed by atoms with Crippen LogP contribution in [0.3, 0.4) is 0 Å². The summed E-state index contributed by atoms with van der Waals surface area (Å²) in [6, 6.07) is 5.40. The van der Waals surface area contributed by atoms with Gasteiger partial charge in [-0.05, 0) is 24.7 Å². The highest BCUT2D eigenvalue weighted by Gasteiger charge is 2.08. The van der Waals surface area contributed by atoms with Gasteiger partial charge in [-0.2, -0.15) is 0 Å². The van der Waals surface area contributed by atoms with E-state index in [1.54, 1.807) is 12.1 Å². The molecule has 1 aromatic rings. The van der Waals surface area contributed by atoms with E-state index in [-0.39, 0.29) is 6.54 Å². The molecule has 0 aliphatic rings. The van der Waals surface area contributed by atoms with Gasteiger partial charge < -0.3 is 10.8 Å². The molecule has 0 aliphatic carbocycles. The first-order valence-corrected chi connectivity index (χ1v) is 5.79. The lowest BCUT2D eigenvalue weighted by atomic mass is 10.2. The Kier molecular flexibility index (Phi) is 5.52. The minimum absolute atomic E-state index is 0.263. The molecule has 0 bridgehead atoms. The van der Waals surface area contributed by atoms with Crippen molar-refractivity contribution in [3.63, 3.8) is 0 Å². The van der Waals surface area contributed by atoms with Crippen molar-refractivity contribution in [3.05, 3.63) is 33.8 Å². The van der Waals surface area contributed by atoms with Crippen molar-refractivity contribution in [2.75, 3.05) is 20.1 Å². The summed E-state index contributed by atoms with van der Waals surface area (Å²) in [5.74, 6) is 0. The Bertz CT molecular complexity index is 347. The first kappa shape index (κ1) is 13.7. The van der Waals surface area contributed by atoms with E-state index < -0.39 is 6.10 Å². The van der Waals surface area contributed by atoms with Gasteiger partial charge >= 0.3 is 0 Å². The van der Waals surface area contributed by atoms with Crippen LogP contribution >= 0.6 is 23.2 Å². The molecule has 3 nitrogen and oxygen atoms in total. The third kappa shape index (κ3) is 4.28. The number of hydrogen-bond donors (Lipinski definition) is 2. The Morgan fingerprint density at radius 1 is 1.44 bits per heavy atom. The zero-order valence-corrected chi connectivity index (χ0v) is 10.7. The van der Waals surface area contributed by atoms with Gasteiger partial charge in [-0.15, -0.1) is 0 Å². The normalized spacial score (nSPS) is 13.1. The molecular weight excluding hydrogens is 247 g/mol. The topological polar surface area (TPSA) is 49.5 Å². The molecule has 0 spiro atoms. The van der Waals surface area contributed by atoms with Crippen molar-refractivity contribution in [2.45, 2.75) is 12.6 Å². The Balaban J connectivity index is 2.59. The molecule has 16 heavy (non-hydrogen) atoms. The summed E-state index contributed by atoms with van der Waals surface area (Å²) in [5, 5.41) is 10.7. The first-order valence-electron chi connectivity index (χ1n) is 5.03. The maximum Gasteiger partial charge on any atom is 0.0789 e. The van der Waals surface area contributed by atoms with E-state index >= 15 is 0 Å². The number of hydrogen-bond acceptors (Lipinski definition) is 3. The van der Waals surface area contributed by atoms with Crippen LogP contribution < -0.4 is 5.73 Å². The van der Waals surface area contributed by atoms with Gasteiger partial charge in [0, 0.05) is 29.7 Å². The van der Waals surface area contributed by atoms with Gasteiger partial charge in [0.1, 0.15) is 0 Å². The van der Waals surface area contributed by atoms with E-state index in [2.05, 4.69) is 0 Å². The van der Waals surface area contributed by atoms with Crippen molar-refractivity contribution in [1.82, 2.24) is 4.90 Å². The summed E-state index contributed by atoms with van der Waals surface area (Å²) in [6.45, 7) is 1.45. The average Bonchev–Trinajstić information content (AvgIpc) is 2.22. The fourth-order valence-corrected chi connectivity index (χ4v) is 1.91. The summed E-state index contributed by atoms with van der Waals surface area (Å²) in [6.07, 6.45) is -0.504. The number of aliphatic hydroxyl groups excluding tert-OH is 1. The van der Waals surface area contributed by atoms with Crippen LogP contribution in [0.25, 0.3) is 0 Å². The summed E-state index contributed by atoms with van der Waals surface area (Å²) in [5.41, 5.74) is 6.33. The van der Waals surface area contributed by atoms with Gasteiger partial charge in [-0.3, -0.25) is 4.90 Å². The van der Waals surface area contributed by atoms with Gasteiger partial charge in [-0.1, -0.05) is 29.3 Å². The average molecular weight is 263 g/mol. The quantitative estimate of drug-likeness (QED) is 0.850. The SMILES string of the molecule is CN(Cc1ccc(Cl)cc1Cl)CC(O)CN. The lowest BCUT2D eigenvalue weighted by molar-refractivity contribution is 0.129. The molecule has 5 heteroatoms. The van der Waals surface area contributed by atoms with E-state index in [0.29, 0.717) is 23.1 Å². The molecule has 0 radical (unpaired) electrons. The van der Waals surface area contributed by atoms with Gasteiger partial charge in [-0.25, -0.2) is 0 Å². The zero-order chi connectivity index (χ0) is 12.1. The number of likely N-dealkylation sites (N-methyl/N-ethyl adjacent to an activating group) is 1. The van der Waals surface area contributed by atoms with Crippen LogP contribution in [0.1, 0.15) is 5.56 Å². The van der Waals surface area contributed by atoms with Gasteiger partial charge in [0.05, 0.1) is 6.10 Å². The van der Waals surface area contributed by atoms with Crippen molar-refractivity contribution < 1.29 is 5.11 Å². The van der Waals surface area contributed by atoms with Gasteiger partial charge in [0.2, 0.25) is 0 Å². The fraction of sp³-hybridized carbons (Fsp3) is 0.455. The first-order chi connectivity index (χ1) is 7.52. The molecular formula is C11H16Cl2N2O. The molecule has 0 fully saturated rings. The van der Waals surface area contributed by atoms with Crippen molar-refractivity contribution >= 4 is 23.2 Å². The second kappa shape index (κ2) is 6.42. The number of aliphatic hydroxyl groups is 1. The molecule has 1 rings (SSSR count). The number of nitrogens with zero attached hydrogens (tertiary/aromatic N) is 1. The molecule has 90 valence electrons. The van der Waals surface area contributed by atoms with E-state index in [0.717, 1.165) is 5.56 Å². The largest absolute Gasteiger partial charge is 0.390 e. The monoisotopic (exact) mass is 262 g/mol. The van der Waals surface area contributed by atoms with Crippen LogP contribution in [-0.4, -0.2) is 36.2 Å². The van der Waals surface area contributed by atoms with Gasteiger partial charge in [0.25, 0.3) is 0 Å². The number of nitrogens with two attached hydrogens (primary N) is 1. The summed E-state index contributed by atoms with van der Waals surface area (Å²) in [4.78, 5) is 1.96. The molecule has 0 amide bonds. The van der Waals surface area contributed by atoms with E-state index in [1.165, 1.54) is 0 Å². The molecule has 0 aromatic heterocycles. The zero-order valence-electron chi connectivity index (χ0n) is 9.16. The molecule has 1 unspecified atom stereocenters. The highest BCUT2D eigenvalue weighted by Crippen LogP contribution is 2.21. The smallest absolute Gasteiger partial charge is 0.0789 e. The van der Waals surface area contributed by atoms with E-state index in [1.807, 2.05) is 18.0 Å². The predicted molar refractivity (Wildman–Crippen MR) is 67.9 cm³/mol. The third-order valence-corrected chi connectivity index (χ3v) is 2.84. The molecule has 0 heterocycles. The van der Waals surface area contributed by atoms with Crippen LogP contribution in [0, 0.1) is 0 Å². The molecule has 0 aliphatic heterocycles. The highest BCUT2D eigenvalue weighted by molar-refractivity contribution is 6.35. The van der Waals surface area contributed by atoms with E-state index in [9.17, 15) is 5.11 Å². The lowest BCUT2D eigenvalue weighted by Crippen LogP contribution is -2.33. The lowest BCUT2D eigenvalue weighted by Gasteiger charge is -2.20. The Labute approximate surface area is 106 Å². The summed E-state index contributed by atoms with van der Waals surface area (Å²) >= 11 is 11.9. The van der Waals surface area contributed by atoms with Crippen molar-refractivity contribution in [2.24, 2.45) is 5.73 Å². The van der Waals surface area contributed by atoms with Crippen molar-refractivity contribution in [3.8, 4) is 0 Å². The molecule has 0 saturated heterocycles. The molecule has 3 N–H and O–H groups in total. The Morgan fingerprint density at radius 3 is 2.69 bits per heavy atom. The maximum absolute atomic E-state index is 9.40. The van der Waals surface area contributed by atoms with E-state index in [4.69, 9.17) is 28.9 Å². The minimum Gasteiger partial charge on any atom is -0.390 e. The molecule has 1 aromatic carbocycles. The number of benzene rings is 1. The standard InChI is InChI=1S/C11H16Cl2N2O/c1-15(7-10(16)5-14)6-8-2-3-9(12)4-11(8)13/h2-4,10,16H,5-7,14H2,1H3. The summed E-state index contributed by atoms with van der Waals surface area (Å²) < 4.78 is 0. The predicted octanol–water partition coefficient (Wildman–Crippen LogP) is 1.74. The molecule has 1 atom stereocenters. The van der Waals surface area contributed by atoms with Crippen LogP contribution in [0.5, 0.6) is 0 Å². The third-order valence-electron chi connectivity index (χ3n) is 2.25.